The van der Waals surface area contributed by atoms with Crippen molar-refractivity contribution in [2.75, 3.05) is 0 Å². The molecular formula is C14H23NO4. The third-order valence-corrected chi connectivity index (χ3v) is 2.91. The monoisotopic (exact) mass is 269 g/mol. The van der Waals surface area contributed by atoms with Crippen LogP contribution in [0.4, 0.5) is 4.79 Å². The first-order valence-corrected chi connectivity index (χ1v) is 6.62. The van der Waals surface area contributed by atoms with Crippen LogP contribution in [-0.4, -0.2) is 28.8 Å². The summed E-state index contributed by atoms with van der Waals surface area (Å²) >= 11 is 0. The van der Waals surface area contributed by atoms with Crippen LogP contribution in [-0.2, 0) is 9.53 Å². The number of rotatable bonds is 3. The van der Waals surface area contributed by atoms with Crippen LogP contribution in [0, 0.1) is 5.92 Å². The summed E-state index contributed by atoms with van der Waals surface area (Å²) < 4.78 is 5.15. The van der Waals surface area contributed by atoms with Crippen molar-refractivity contribution in [1.82, 2.24) is 5.32 Å². The Morgan fingerprint density at radius 3 is 2.63 bits per heavy atom. The molecule has 5 nitrogen and oxygen atoms in total. The number of carboxylic acids is 1. The molecule has 0 aromatic rings. The SMILES string of the molecule is C[C@H](/C=C1/CCC[C@H]1C(=O)O)NC(=O)OC(C)(C)C. The molecule has 1 aliphatic rings. The van der Waals surface area contributed by atoms with E-state index in [2.05, 4.69) is 5.32 Å². The number of carbonyl (C=O) groups is 2. The zero-order chi connectivity index (χ0) is 14.6. The fourth-order valence-electron chi connectivity index (χ4n) is 2.21. The lowest BCUT2D eigenvalue weighted by molar-refractivity contribution is -0.140. The van der Waals surface area contributed by atoms with E-state index in [-0.39, 0.29) is 6.04 Å². The highest BCUT2D eigenvalue weighted by atomic mass is 16.6. The highest BCUT2D eigenvalue weighted by Gasteiger charge is 2.27. The molecule has 1 aliphatic carbocycles. The number of hydrogen-bond donors (Lipinski definition) is 2. The average Bonchev–Trinajstić information content (AvgIpc) is 2.61. The van der Waals surface area contributed by atoms with E-state index in [0.29, 0.717) is 6.42 Å². The Bertz CT molecular complexity index is 381. The first kappa shape index (κ1) is 15.5. The zero-order valence-corrected chi connectivity index (χ0v) is 12.0. The summed E-state index contributed by atoms with van der Waals surface area (Å²) in [5.41, 5.74) is 0.365. The van der Waals surface area contributed by atoms with E-state index < -0.39 is 23.6 Å². The fourth-order valence-corrected chi connectivity index (χ4v) is 2.21. The molecule has 5 heteroatoms. The third kappa shape index (κ3) is 5.32. The van der Waals surface area contributed by atoms with Crippen molar-refractivity contribution in [3.63, 3.8) is 0 Å². The number of aliphatic carboxylic acids is 1. The smallest absolute Gasteiger partial charge is 0.408 e. The number of carbonyl (C=O) groups excluding carboxylic acids is 1. The maximum absolute atomic E-state index is 11.6. The summed E-state index contributed by atoms with van der Waals surface area (Å²) in [5, 5.41) is 11.8. The summed E-state index contributed by atoms with van der Waals surface area (Å²) in [4.78, 5) is 22.6. The fraction of sp³-hybridized carbons (Fsp3) is 0.714. The molecule has 0 aromatic heterocycles. The molecule has 1 amide bonds. The van der Waals surface area contributed by atoms with Gasteiger partial charge in [0.05, 0.1) is 5.92 Å². The standard InChI is InChI=1S/C14H23NO4/c1-9(15-13(18)19-14(2,3)4)8-10-6-5-7-11(10)12(16)17/h8-9,11H,5-7H2,1-4H3,(H,15,18)(H,16,17)/b10-8-/t9-,11-/m1/s1. The van der Waals surface area contributed by atoms with Gasteiger partial charge in [0.15, 0.2) is 0 Å². The van der Waals surface area contributed by atoms with Crippen LogP contribution >= 0.6 is 0 Å². The lowest BCUT2D eigenvalue weighted by atomic mass is 10.0. The Labute approximate surface area is 114 Å². The van der Waals surface area contributed by atoms with Gasteiger partial charge in [0, 0.05) is 6.04 Å². The van der Waals surface area contributed by atoms with Crippen LogP contribution < -0.4 is 5.32 Å². The van der Waals surface area contributed by atoms with Crippen molar-refractivity contribution in [3.05, 3.63) is 11.6 Å². The minimum Gasteiger partial charge on any atom is -0.481 e. The van der Waals surface area contributed by atoms with E-state index in [4.69, 9.17) is 9.84 Å². The Morgan fingerprint density at radius 2 is 2.11 bits per heavy atom. The maximum atomic E-state index is 11.6. The van der Waals surface area contributed by atoms with Crippen molar-refractivity contribution in [3.8, 4) is 0 Å². The number of ether oxygens (including phenoxy) is 1. The van der Waals surface area contributed by atoms with Crippen LogP contribution in [0.25, 0.3) is 0 Å². The van der Waals surface area contributed by atoms with Gasteiger partial charge in [-0.25, -0.2) is 4.79 Å². The van der Waals surface area contributed by atoms with Crippen molar-refractivity contribution in [1.29, 1.82) is 0 Å². The lowest BCUT2D eigenvalue weighted by Crippen LogP contribution is -2.37. The summed E-state index contributed by atoms with van der Waals surface area (Å²) in [5.74, 6) is -1.18. The quantitative estimate of drug-likeness (QED) is 0.772. The van der Waals surface area contributed by atoms with Crippen molar-refractivity contribution < 1.29 is 19.4 Å². The van der Waals surface area contributed by atoms with Crippen molar-refractivity contribution in [2.45, 2.75) is 58.6 Å². The zero-order valence-electron chi connectivity index (χ0n) is 12.0. The summed E-state index contributed by atoms with van der Waals surface area (Å²) in [6.07, 6.45) is 3.71. The average molecular weight is 269 g/mol. The number of alkyl carbamates (subject to hydrolysis) is 1. The molecular weight excluding hydrogens is 246 g/mol. The molecule has 1 saturated carbocycles. The van der Waals surface area contributed by atoms with Gasteiger partial charge in [-0.2, -0.15) is 0 Å². The summed E-state index contributed by atoms with van der Waals surface area (Å²) in [7, 11) is 0. The molecule has 0 saturated heterocycles. The Balaban J connectivity index is 2.57. The summed E-state index contributed by atoms with van der Waals surface area (Å²) in [6, 6.07) is -0.232. The van der Waals surface area contributed by atoms with Gasteiger partial charge in [0.25, 0.3) is 0 Å². The molecule has 108 valence electrons. The normalized spacial score (nSPS) is 23.2. The van der Waals surface area contributed by atoms with E-state index in [9.17, 15) is 9.59 Å². The largest absolute Gasteiger partial charge is 0.481 e. The topological polar surface area (TPSA) is 75.6 Å². The molecule has 0 spiro atoms. The second-order valence-electron chi connectivity index (χ2n) is 5.96. The molecule has 19 heavy (non-hydrogen) atoms. The van der Waals surface area contributed by atoms with Crippen molar-refractivity contribution >= 4 is 12.1 Å². The van der Waals surface area contributed by atoms with Crippen LogP contribution in [0.15, 0.2) is 11.6 Å². The van der Waals surface area contributed by atoms with Gasteiger partial charge in [0.2, 0.25) is 0 Å². The van der Waals surface area contributed by atoms with E-state index in [0.717, 1.165) is 18.4 Å². The van der Waals surface area contributed by atoms with E-state index in [1.54, 1.807) is 20.8 Å². The molecule has 1 rings (SSSR count). The maximum Gasteiger partial charge on any atom is 0.408 e. The van der Waals surface area contributed by atoms with Gasteiger partial charge in [-0.3, -0.25) is 4.79 Å². The van der Waals surface area contributed by atoms with E-state index in [1.807, 2.05) is 13.0 Å². The number of nitrogens with one attached hydrogen (secondary N) is 1. The number of amides is 1. The van der Waals surface area contributed by atoms with Crippen molar-refractivity contribution in [2.24, 2.45) is 5.92 Å². The predicted molar refractivity (Wildman–Crippen MR) is 71.9 cm³/mol. The molecule has 0 radical (unpaired) electrons. The van der Waals surface area contributed by atoms with E-state index in [1.165, 1.54) is 0 Å². The van der Waals surface area contributed by atoms with Gasteiger partial charge in [-0.15, -0.1) is 0 Å². The second kappa shape index (κ2) is 6.08. The Morgan fingerprint density at radius 1 is 1.47 bits per heavy atom. The van der Waals surface area contributed by atoms with Gasteiger partial charge in [0.1, 0.15) is 5.60 Å². The number of carboxylic acid groups (broad SMARTS) is 1. The predicted octanol–water partition coefficient (Wildman–Crippen LogP) is 2.71. The molecule has 0 unspecified atom stereocenters. The molecule has 0 bridgehead atoms. The van der Waals surface area contributed by atoms with Crippen LogP contribution in [0.2, 0.25) is 0 Å². The Kier molecular flexibility index (Phi) is 4.97. The summed E-state index contributed by atoms with van der Waals surface area (Å²) in [6.45, 7) is 7.21. The third-order valence-electron chi connectivity index (χ3n) is 2.91. The molecule has 0 heterocycles. The van der Waals surface area contributed by atoms with E-state index >= 15 is 0 Å². The highest BCUT2D eigenvalue weighted by Crippen LogP contribution is 2.31. The van der Waals surface area contributed by atoms with Gasteiger partial charge >= 0.3 is 12.1 Å². The van der Waals surface area contributed by atoms with Crippen LogP contribution in [0.1, 0.15) is 47.0 Å². The first-order chi connectivity index (χ1) is 8.69. The van der Waals surface area contributed by atoms with Gasteiger partial charge in [-0.1, -0.05) is 11.6 Å². The lowest BCUT2D eigenvalue weighted by Gasteiger charge is -2.21. The van der Waals surface area contributed by atoms with Gasteiger partial charge in [-0.05, 0) is 47.0 Å². The number of hydrogen-bond acceptors (Lipinski definition) is 3. The highest BCUT2D eigenvalue weighted by molar-refractivity contribution is 5.74. The molecule has 2 atom stereocenters. The molecule has 0 aliphatic heterocycles. The molecule has 0 aromatic carbocycles. The van der Waals surface area contributed by atoms with Crippen LogP contribution in [0.3, 0.4) is 0 Å². The minimum atomic E-state index is -0.784. The molecule has 2 N–H and O–H groups in total. The minimum absolute atomic E-state index is 0.232. The first-order valence-electron chi connectivity index (χ1n) is 6.62. The van der Waals surface area contributed by atoms with Gasteiger partial charge < -0.3 is 15.2 Å². The van der Waals surface area contributed by atoms with Crippen LogP contribution in [0.5, 0.6) is 0 Å². The second-order valence-corrected chi connectivity index (χ2v) is 5.96. The Hall–Kier alpha value is -1.52. The molecule has 1 fully saturated rings.